The Hall–Kier alpha value is -1.55. The fourth-order valence-electron chi connectivity index (χ4n) is 1.99. The van der Waals surface area contributed by atoms with E-state index in [1.54, 1.807) is 12.0 Å². The van der Waals surface area contributed by atoms with Gasteiger partial charge in [-0.2, -0.15) is 0 Å². The van der Waals surface area contributed by atoms with Crippen LogP contribution in [0.3, 0.4) is 0 Å². The van der Waals surface area contributed by atoms with Crippen LogP contribution in [-0.2, 0) is 11.3 Å². The summed E-state index contributed by atoms with van der Waals surface area (Å²) in [5.74, 6) is 1.22. The molecule has 0 saturated heterocycles. The van der Waals surface area contributed by atoms with Crippen molar-refractivity contribution in [2.75, 3.05) is 20.2 Å². The van der Waals surface area contributed by atoms with Crippen LogP contribution < -0.4 is 10.5 Å². The highest BCUT2D eigenvalue weighted by molar-refractivity contribution is 5.78. The Morgan fingerprint density at radius 2 is 2.11 bits per heavy atom. The topological polar surface area (TPSA) is 55.6 Å². The zero-order valence-electron chi connectivity index (χ0n) is 12.3. The van der Waals surface area contributed by atoms with Crippen LogP contribution in [0.4, 0.5) is 0 Å². The number of rotatable bonds is 6. The predicted molar refractivity (Wildman–Crippen MR) is 77.2 cm³/mol. The normalized spacial score (nSPS) is 10.6. The lowest BCUT2D eigenvalue weighted by Crippen LogP contribution is -2.35. The summed E-state index contributed by atoms with van der Waals surface area (Å²) in [6, 6.07) is 6.13. The van der Waals surface area contributed by atoms with Gasteiger partial charge in [-0.1, -0.05) is 26.0 Å². The molecular formula is C15H24N2O2. The van der Waals surface area contributed by atoms with E-state index < -0.39 is 0 Å². The molecule has 1 amide bonds. The number of hydrogen-bond donors (Lipinski definition) is 1. The molecule has 4 nitrogen and oxygen atoms in total. The third kappa shape index (κ3) is 3.96. The van der Waals surface area contributed by atoms with E-state index in [4.69, 9.17) is 10.5 Å². The minimum atomic E-state index is -0.0421. The number of ether oxygens (including phenoxy) is 1. The number of carbonyl (C=O) groups excluding carboxylic acids is 1. The average molecular weight is 264 g/mol. The van der Waals surface area contributed by atoms with Gasteiger partial charge in [0, 0.05) is 18.7 Å². The highest BCUT2D eigenvalue weighted by Crippen LogP contribution is 2.25. The minimum absolute atomic E-state index is 0.0417. The highest BCUT2D eigenvalue weighted by Gasteiger charge is 2.14. The Morgan fingerprint density at radius 3 is 2.58 bits per heavy atom. The summed E-state index contributed by atoms with van der Waals surface area (Å²) in [7, 11) is 1.65. The van der Waals surface area contributed by atoms with E-state index in [0.717, 1.165) is 11.3 Å². The Bertz CT molecular complexity index is 430. The van der Waals surface area contributed by atoms with Crippen molar-refractivity contribution in [3.05, 3.63) is 29.3 Å². The first-order chi connectivity index (χ1) is 9.03. The molecule has 0 fully saturated rings. The molecule has 0 saturated carbocycles. The van der Waals surface area contributed by atoms with E-state index in [1.807, 2.05) is 13.0 Å². The fourth-order valence-corrected chi connectivity index (χ4v) is 1.99. The van der Waals surface area contributed by atoms with Crippen LogP contribution in [0, 0.1) is 0 Å². The minimum Gasteiger partial charge on any atom is -0.496 e. The molecule has 0 aliphatic heterocycles. The van der Waals surface area contributed by atoms with Crippen LogP contribution in [-0.4, -0.2) is 31.0 Å². The van der Waals surface area contributed by atoms with Crippen molar-refractivity contribution in [3.63, 3.8) is 0 Å². The molecule has 1 rings (SSSR count). The Kier molecular flexibility index (Phi) is 5.83. The maximum atomic E-state index is 11.7. The molecule has 1 aromatic carbocycles. The molecule has 0 aliphatic rings. The Balaban J connectivity index is 3.02. The molecule has 0 spiro atoms. The van der Waals surface area contributed by atoms with E-state index in [1.165, 1.54) is 5.56 Å². The van der Waals surface area contributed by atoms with Gasteiger partial charge in [-0.15, -0.1) is 0 Å². The number of likely N-dealkylation sites (N-methyl/N-ethyl adjacent to an activating group) is 1. The lowest BCUT2D eigenvalue weighted by molar-refractivity contribution is -0.130. The summed E-state index contributed by atoms with van der Waals surface area (Å²) >= 11 is 0. The van der Waals surface area contributed by atoms with Gasteiger partial charge in [0.1, 0.15) is 5.75 Å². The van der Waals surface area contributed by atoms with Crippen molar-refractivity contribution in [3.8, 4) is 5.75 Å². The average Bonchev–Trinajstić information content (AvgIpc) is 2.43. The number of amides is 1. The third-order valence-electron chi connectivity index (χ3n) is 3.24. The van der Waals surface area contributed by atoms with Crippen molar-refractivity contribution < 1.29 is 9.53 Å². The van der Waals surface area contributed by atoms with Crippen LogP contribution in [0.25, 0.3) is 0 Å². The van der Waals surface area contributed by atoms with Gasteiger partial charge in [0.15, 0.2) is 0 Å². The first-order valence-corrected chi connectivity index (χ1v) is 6.68. The fraction of sp³-hybridized carbons (Fsp3) is 0.533. The molecule has 0 atom stereocenters. The van der Waals surface area contributed by atoms with E-state index in [9.17, 15) is 4.79 Å². The summed E-state index contributed by atoms with van der Waals surface area (Å²) in [6.07, 6.45) is 0. The van der Waals surface area contributed by atoms with Gasteiger partial charge < -0.3 is 15.4 Å². The molecule has 19 heavy (non-hydrogen) atoms. The van der Waals surface area contributed by atoms with Crippen LogP contribution in [0.15, 0.2) is 18.2 Å². The summed E-state index contributed by atoms with van der Waals surface area (Å²) in [5, 5.41) is 0. The smallest absolute Gasteiger partial charge is 0.236 e. The number of benzene rings is 1. The lowest BCUT2D eigenvalue weighted by Gasteiger charge is -2.22. The number of hydrogen-bond acceptors (Lipinski definition) is 3. The zero-order chi connectivity index (χ0) is 14.4. The molecule has 0 radical (unpaired) electrons. The number of carbonyl (C=O) groups is 1. The zero-order valence-corrected chi connectivity index (χ0v) is 12.3. The molecule has 1 aromatic rings. The Morgan fingerprint density at radius 1 is 1.42 bits per heavy atom. The molecule has 0 heterocycles. The van der Waals surface area contributed by atoms with Gasteiger partial charge in [-0.25, -0.2) is 0 Å². The molecular weight excluding hydrogens is 240 g/mol. The standard InChI is InChI=1S/C15H24N2O2/c1-5-17(15(18)9-16)10-13-8-12(11(2)3)6-7-14(13)19-4/h6-8,11H,5,9-10,16H2,1-4H3. The SMILES string of the molecule is CCN(Cc1cc(C(C)C)ccc1OC)C(=O)CN. The predicted octanol–water partition coefficient (Wildman–Crippen LogP) is 2.13. The third-order valence-corrected chi connectivity index (χ3v) is 3.24. The molecule has 0 unspecified atom stereocenters. The van der Waals surface area contributed by atoms with Crippen LogP contribution in [0.1, 0.15) is 37.8 Å². The van der Waals surface area contributed by atoms with Crippen molar-refractivity contribution in [2.24, 2.45) is 5.73 Å². The van der Waals surface area contributed by atoms with Gasteiger partial charge in [-0.3, -0.25) is 4.79 Å². The maximum Gasteiger partial charge on any atom is 0.236 e. The van der Waals surface area contributed by atoms with E-state index in [2.05, 4.69) is 26.0 Å². The first kappa shape index (κ1) is 15.5. The molecule has 0 aliphatic carbocycles. The van der Waals surface area contributed by atoms with Gasteiger partial charge in [-0.05, 0) is 24.5 Å². The van der Waals surface area contributed by atoms with Gasteiger partial charge in [0.05, 0.1) is 13.7 Å². The lowest BCUT2D eigenvalue weighted by atomic mass is 10.00. The van der Waals surface area contributed by atoms with Gasteiger partial charge in [0.2, 0.25) is 5.91 Å². The summed E-state index contributed by atoms with van der Waals surface area (Å²) in [6.45, 7) is 7.47. The maximum absolute atomic E-state index is 11.7. The largest absolute Gasteiger partial charge is 0.496 e. The number of methoxy groups -OCH3 is 1. The van der Waals surface area contributed by atoms with E-state index >= 15 is 0 Å². The van der Waals surface area contributed by atoms with Crippen LogP contribution in [0.2, 0.25) is 0 Å². The molecule has 2 N–H and O–H groups in total. The monoisotopic (exact) mass is 264 g/mol. The van der Waals surface area contributed by atoms with E-state index in [-0.39, 0.29) is 12.5 Å². The van der Waals surface area contributed by atoms with Crippen molar-refractivity contribution in [2.45, 2.75) is 33.2 Å². The molecule has 0 aromatic heterocycles. The quantitative estimate of drug-likeness (QED) is 0.856. The van der Waals surface area contributed by atoms with Crippen molar-refractivity contribution in [1.82, 2.24) is 4.90 Å². The van der Waals surface area contributed by atoms with Crippen LogP contribution >= 0.6 is 0 Å². The second-order valence-electron chi connectivity index (χ2n) is 4.84. The van der Waals surface area contributed by atoms with Gasteiger partial charge >= 0.3 is 0 Å². The summed E-state index contributed by atoms with van der Waals surface area (Å²) < 4.78 is 5.37. The number of nitrogens with two attached hydrogens (primary N) is 1. The summed E-state index contributed by atoms with van der Waals surface area (Å²) in [4.78, 5) is 13.5. The van der Waals surface area contributed by atoms with Crippen LogP contribution in [0.5, 0.6) is 5.75 Å². The second kappa shape index (κ2) is 7.14. The second-order valence-corrected chi connectivity index (χ2v) is 4.84. The molecule has 106 valence electrons. The van der Waals surface area contributed by atoms with Gasteiger partial charge in [0.25, 0.3) is 0 Å². The summed E-state index contributed by atoms with van der Waals surface area (Å²) in [5.41, 5.74) is 7.70. The first-order valence-electron chi connectivity index (χ1n) is 6.68. The molecule has 0 bridgehead atoms. The van der Waals surface area contributed by atoms with Crippen molar-refractivity contribution in [1.29, 1.82) is 0 Å². The van der Waals surface area contributed by atoms with E-state index in [0.29, 0.717) is 19.0 Å². The number of nitrogens with zero attached hydrogens (tertiary/aromatic N) is 1. The molecule has 4 heteroatoms. The van der Waals surface area contributed by atoms with Crippen molar-refractivity contribution >= 4 is 5.91 Å². The highest BCUT2D eigenvalue weighted by atomic mass is 16.5. The Labute approximate surface area is 115 Å².